The molecule has 0 amide bonds. The molecule has 0 aliphatic carbocycles. The Kier molecular flexibility index (Phi) is 5.95. The van der Waals surface area contributed by atoms with Crippen LogP contribution in [-0.2, 0) is 6.54 Å². The lowest BCUT2D eigenvalue weighted by Gasteiger charge is -2.11. The van der Waals surface area contributed by atoms with E-state index in [1.165, 1.54) is 46.2 Å². The third-order valence-corrected chi connectivity index (χ3v) is 6.42. The molecule has 10 heteroatoms. The molecule has 1 N–H and O–H groups in total. The van der Waals surface area contributed by atoms with Crippen LogP contribution in [0.25, 0.3) is 16.8 Å². The van der Waals surface area contributed by atoms with Crippen molar-refractivity contribution in [1.29, 1.82) is 0 Å². The minimum Gasteiger partial charge on any atom is -0.477 e. The van der Waals surface area contributed by atoms with Crippen LogP contribution < -0.4 is 14.9 Å². The molecule has 3 aromatic heterocycles. The van der Waals surface area contributed by atoms with E-state index < -0.39 is 5.56 Å². The number of aromatic hydroxyl groups is 1. The van der Waals surface area contributed by atoms with Crippen LogP contribution >= 0.6 is 34.5 Å². The SMILES string of the molecule is O=c1c(-c2cccc(Cl)c2)c(O)[n+](Cc2cnc(Cl)s2)c2ccc(Oc3ccc(F)cc3)cn12. The van der Waals surface area contributed by atoms with Crippen molar-refractivity contribution in [2.75, 3.05) is 0 Å². The van der Waals surface area contributed by atoms with Crippen LogP contribution in [0, 0.1) is 5.82 Å². The monoisotopic (exact) mass is 514 g/mol. The predicted molar refractivity (Wildman–Crippen MR) is 129 cm³/mol. The summed E-state index contributed by atoms with van der Waals surface area (Å²) in [6, 6.07) is 15.6. The van der Waals surface area contributed by atoms with E-state index >= 15 is 0 Å². The summed E-state index contributed by atoms with van der Waals surface area (Å²) in [6.45, 7) is 0.228. The lowest BCUT2D eigenvalue weighted by atomic mass is 10.1. The van der Waals surface area contributed by atoms with Crippen LogP contribution in [0.2, 0.25) is 9.49 Å². The topological polar surface area (TPSA) is 67.7 Å². The quantitative estimate of drug-likeness (QED) is 0.305. The average molecular weight is 515 g/mol. The van der Waals surface area contributed by atoms with Crippen molar-refractivity contribution in [2.45, 2.75) is 6.54 Å². The van der Waals surface area contributed by atoms with Gasteiger partial charge in [-0.25, -0.2) is 14.2 Å². The Bertz CT molecular complexity index is 1590. The second kappa shape index (κ2) is 9.06. The fraction of sp³-hybridized carbons (Fsp3) is 0.0417. The molecule has 0 fully saturated rings. The predicted octanol–water partition coefficient (Wildman–Crippen LogP) is 5.70. The molecule has 0 saturated carbocycles. The third kappa shape index (κ3) is 4.35. The van der Waals surface area contributed by atoms with E-state index in [2.05, 4.69) is 4.98 Å². The highest BCUT2D eigenvalue weighted by molar-refractivity contribution is 7.15. The van der Waals surface area contributed by atoms with Crippen molar-refractivity contribution in [3.8, 4) is 28.5 Å². The van der Waals surface area contributed by atoms with Gasteiger partial charge in [-0.05, 0) is 48.0 Å². The number of halogens is 3. The molecular formula is C24H15Cl2FN3O3S+. The number of fused-ring (bicyclic) bond motifs is 1. The van der Waals surface area contributed by atoms with Gasteiger partial charge >= 0.3 is 5.56 Å². The van der Waals surface area contributed by atoms with Gasteiger partial charge in [-0.15, -0.1) is 11.3 Å². The first-order chi connectivity index (χ1) is 16.4. The summed E-state index contributed by atoms with van der Waals surface area (Å²) in [5.41, 5.74) is 0.502. The van der Waals surface area contributed by atoms with Gasteiger partial charge in [-0.3, -0.25) is 0 Å². The van der Waals surface area contributed by atoms with E-state index in [-0.39, 0.29) is 23.8 Å². The summed E-state index contributed by atoms with van der Waals surface area (Å²) in [4.78, 5) is 18.4. The molecule has 5 aromatic rings. The van der Waals surface area contributed by atoms with Crippen molar-refractivity contribution >= 4 is 40.2 Å². The number of rotatable bonds is 5. The normalized spacial score (nSPS) is 11.1. The van der Waals surface area contributed by atoms with Crippen molar-refractivity contribution in [3.05, 3.63) is 104 Å². The Hall–Kier alpha value is -3.46. The van der Waals surface area contributed by atoms with E-state index in [4.69, 9.17) is 27.9 Å². The van der Waals surface area contributed by atoms with Gasteiger partial charge in [-0.1, -0.05) is 35.3 Å². The standard InChI is InChI=1S/C24H14Cl2FN3O3S/c25-15-3-1-2-14(10-15)21-22(31)29-12-18(33-17-6-4-16(27)5-7-17)8-9-20(29)30(23(21)32)13-19-11-28-24(26)34-19/h1-12H,13H2/p+1. The van der Waals surface area contributed by atoms with Gasteiger partial charge in [0.25, 0.3) is 11.5 Å². The number of ether oxygens (including phenoxy) is 1. The van der Waals surface area contributed by atoms with E-state index in [9.17, 15) is 14.3 Å². The fourth-order valence-corrected chi connectivity index (χ4v) is 4.74. The molecular weight excluding hydrogens is 500 g/mol. The minimum atomic E-state index is -0.460. The smallest absolute Gasteiger partial charge is 0.354 e. The lowest BCUT2D eigenvalue weighted by molar-refractivity contribution is -0.671. The van der Waals surface area contributed by atoms with Gasteiger partial charge in [0.1, 0.15) is 24.3 Å². The van der Waals surface area contributed by atoms with Crippen LogP contribution in [0.15, 0.2) is 77.9 Å². The third-order valence-electron chi connectivity index (χ3n) is 5.09. The zero-order chi connectivity index (χ0) is 23.8. The Labute approximate surface area is 206 Å². The molecule has 0 bridgehead atoms. The number of nitrogens with zero attached hydrogens (tertiary/aromatic N) is 3. The minimum absolute atomic E-state index is 0.0783. The number of thiazole rings is 1. The number of aromatic nitrogens is 3. The summed E-state index contributed by atoms with van der Waals surface area (Å²) < 4.78 is 22.4. The molecule has 0 saturated heterocycles. The maximum Gasteiger partial charge on any atom is 0.354 e. The van der Waals surface area contributed by atoms with Gasteiger partial charge < -0.3 is 9.84 Å². The first-order valence-electron chi connectivity index (χ1n) is 10.00. The van der Waals surface area contributed by atoms with Crippen molar-refractivity contribution in [3.63, 3.8) is 0 Å². The summed E-state index contributed by atoms with van der Waals surface area (Å²) in [5.74, 6) is 0.170. The van der Waals surface area contributed by atoms with Crippen LogP contribution in [0.1, 0.15) is 4.88 Å². The summed E-state index contributed by atoms with van der Waals surface area (Å²) >= 11 is 13.4. The first kappa shape index (κ1) is 22.3. The largest absolute Gasteiger partial charge is 0.477 e. The van der Waals surface area contributed by atoms with E-state index in [1.807, 2.05) is 0 Å². The zero-order valence-electron chi connectivity index (χ0n) is 17.3. The van der Waals surface area contributed by atoms with E-state index in [1.54, 1.807) is 47.2 Å². The maximum atomic E-state index is 13.5. The van der Waals surface area contributed by atoms with Crippen LogP contribution in [0.5, 0.6) is 17.4 Å². The van der Waals surface area contributed by atoms with Gasteiger partial charge in [0.15, 0.2) is 15.8 Å². The first-order valence-corrected chi connectivity index (χ1v) is 11.6. The van der Waals surface area contributed by atoms with Crippen LogP contribution in [-0.4, -0.2) is 14.5 Å². The molecule has 2 aromatic carbocycles. The van der Waals surface area contributed by atoms with Gasteiger partial charge in [-0.2, -0.15) is 8.97 Å². The Morgan fingerprint density at radius 2 is 1.85 bits per heavy atom. The molecule has 0 spiro atoms. The van der Waals surface area contributed by atoms with Crippen LogP contribution in [0.3, 0.4) is 0 Å². The highest BCUT2D eigenvalue weighted by atomic mass is 35.5. The average Bonchev–Trinajstić information content (AvgIpc) is 3.23. The molecule has 0 aliphatic rings. The number of pyridine rings is 1. The van der Waals surface area contributed by atoms with Gasteiger partial charge in [0.05, 0.1) is 4.88 Å². The molecule has 5 rings (SSSR count). The summed E-state index contributed by atoms with van der Waals surface area (Å²) in [7, 11) is 0. The molecule has 3 heterocycles. The fourth-order valence-electron chi connectivity index (χ4n) is 3.58. The van der Waals surface area contributed by atoms with Crippen molar-refractivity contribution in [1.82, 2.24) is 9.38 Å². The number of hydrogen-bond donors (Lipinski definition) is 1. The highest BCUT2D eigenvalue weighted by Crippen LogP contribution is 2.28. The second-order valence-corrected chi connectivity index (χ2v) is 9.46. The van der Waals surface area contributed by atoms with Gasteiger partial charge in [0.2, 0.25) is 0 Å². The van der Waals surface area contributed by atoms with E-state index in [0.29, 0.717) is 32.2 Å². The zero-order valence-corrected chi connectivity index (χ0v) is 19.6. The second-order valence-electron chi connectivity index (χ2n) is 7.33. The number of hydrogen-bond acceptors (Lipinski definition) is 5. The van der Waals surface area contributed by atoms with Crippen molar-refractivity contribution < 1.29 is 18.8 Å². The molecule has 0 radical (unpaired) electrons. The lowest BCUT2D eigenvalue weighted by Crippen LogP contribution is -2.41. The molecule has 170 valence electrons. The van der Waals surface area contributed by atoms with Gasteiger partial charge in [0, 0.05) is 17.3 Å². The molecule has 6 nitrogen and oxygen atoms in total. The van der Waals surface area contributed by atoms with Crippen LogP contribution in [0.4, 0.5) is 4.39 Å². The molecule has 0 unspecified atom stereocenters. The maximum absolute atomic E-state index is 13.5. The molecule has 34 heavy (non-hydrogen) atoms. The van der Waals surface area contributed by atoms with Crippen molar-refractivity contribution in [2.24, 2.45) is 0 Å². The molecule has 0 atom stereocenters. The van der Waals surface area contributed by atoms with E-state index in [0.717, 1.165) is 4.88 Å². The Morgan fingerprint density at radius 1 is 1.09 bits per heavy atom. The highest BCUT2D eigenvalue weighted by Gasteiger charge is 2.26. The number of benzene rings is 2. The summed E-state index contributed by atoms with van der Waals surface area (Å²) in [6.07, 6.45) is 3.14. The summed E-state index contributed by atoms with van der Waals surface area (Å²) in [5, 5.41) is 11.6. The molecule has 0 aliphatic heterocycles. The Balaban J connectivity index is 1.71. The Morgan fingerprint density at radius 3 is 2.56 bits per heavy atom.